The van der Waals surface area contributed by atoms with Crippen molar-refractivity contribution in [2.75, 3.05) is 14.2 Å². The average molecular weight is 362 g/mol. The van der Waals surface area contributed by atoms with Crippen LogP contribution in [0, 0.1) is 6.92 Å². The molecule has 0 spiro atoms. The summed E-state index contributed by atoms with van der Waals surface area (Å²) < 4.78 is 11.4. The number of aromatic carboxylic acids is 1. The van der Waals surface area contributed by atoms with Crippen LogP contribution in [0.5, 0.6) is 11.5 Å². The van der Waals surface area contributed by atoms with Crippen molar-refractivity contribution in [3.05, 3.63) is 40.7 Å². The fourth-order valence-electron chi connectivity index (χ4n) is 2.40. The highest BCUT2D eigenvalue weighted by atomic mass is 16.5. The second-order valence-corrected chi connectivity index (χ2v) is 5.23. The lowest BCUT2D eigenvalue weighted by molar-refractivity contribution is 0.0686. The molecule has 0 saturated carbocycles. The Morgan fingerprint density at radius 2 is 1.77 bits per heavy atom. The maximum absolute atomic E-state index is 12.4. The van der Waals surface area contributed by atoms with E-state index in [1.807, 2.05) is 0 Å². The van der Waals surface area contributed by atoms with Gasteiger partial charge in [0, 0.05) is 7.05 Å². The zero-order chi connectivity index (χ0) is 19.4. The van der Waals surface area contributed by atoms with Crippen LogP contribution < -0.4 is 20.3 Å². The number of ether oxygens (including phenoxy) is 2. The molecule has 0 unspecified atom stereocenters. The third kappa shape index (κ3) is 3.58. The molecule has 10 heteroatoms. The Labute approximate surface area is 148 Å². The number of methoxy groups -OCH3 is 2. The van der Waals surface area contributed by atoms with E-state index in [0.29, 0.717) is 5.69 Å². The number of hydrogen-bond donors (Lipinski definition) is 3. The van der Waals surface area contributed by atoms with Crippen molar-refractivity contribution in [2.45, 2.75) is 6.92 Å². The number of carboxylic acids is 1. The van der Waals surface area contributed by atoms with Crippen LogP contribution in [0.3, 0.4) is 0 Å². The van der Waals surface area contributed by atoms with Crippen LogP contribution in [-0.2, 0) is 7.05 Å². The van der Waals surface area contributed by atoms with Gasteiger partial charge >= 0.3 is 5.97 Å². The van der Waals surface area contributed by atoms with Gasteiger partial charge in [0.25, 0.3) is 11.8 Å². The molecule has 10 nitrogen and oxygen atoms in total. The van der Waals surface area contributed by atoms with Crippen LogP contribution in [0.1, 0.15) is 36.9 Å². The molecule has 0 aliphatic heterocycles. The number of carbonyl (C=O) groups excluding carboxylic acids is 2. The van der Waals surface area contributed by atoms with E-state index in [1.54, 1.807) is 20.0 Å². The number of carbonyl (C=O) groups is 3. The van der Waals surface area contributed by atoms with Crippen molar-refractivity contribution >= 4 is 17.8 Å². The molecule has 2 rings (SSSR count). The first kappa shape index (κ1) is 18.8. The SMILES string of the molecule is COc1ccc(C(=O)NNC(=O)c2cc(C)nn2C)c(C(=O)O)c1OC. The Morgan fingerprint density at radius 1 is 1.12 bits per heavy atom. The summed E-state index contributed by atoms with van der Waals surface area (Å²) in [5.41, 5.74) is 4.69. The van der Waals surface area contributed by atoms with Crippen molar-refractivity contribution in [3.8, 4) is 11.5 Å². The maximum atomic E-state index is 12.4. The highest BCUT2D eigenvalue weighted by molar-refractivity contribution is 6.07. The van der Waals surface area contributed by atoms with Gasteiger partial charge in [-0.2, -0.15) is 5.10 Å². The van der Waals surface area contributed by atoms with Gasteiger partial charge in [-0.25, -0.2) is 4.79 Å². The molecular formula is C16H18N4O6. The summed E-state index contributed by atoms with van der Waals surface area (Å²) in [7, 11) is 4.19. The van der Waals surface area contributed by atoms with E-state index in [0.717, 1.165) is 0 Å². The predicted molar refractivity (Wildman–Crippen MR) is 89.4 cm³/mol. The monoisotopic (exact) mass is 362 g/mol. The second-order valence-electron chi connectivity index (χ2n) is 5.23. The summed E-state index contributed by atoms with van der Waals surface area (Å²) in [6.45, 7) is 1.72. The van der Waals surface area contributed by atoms with Crippen LogP contribution in [0.15, 0.2) is 18.2 Å². The number of nitrogens with zero attached hydrogens (tertiary/aromatic N) is 2. The molecule has 0 radical (unpaired) electrons. The van der Waals surface area contributed by atoms with Gasteiger partial charge in [-0.15, -0.1) is 0 Å². The highest BCUT2D eigenvalue weighted by Crippen LogP contribution is 2.33. The quantitative estimate of drug-likeness (QED) is 0.661. The number of amides is 2. The Kier molecular flexibility index (Phi) is 5.45. The topological polar surface area (TPSA) is 132 Å². The Hall–Kier alpha value is -3.56. The normalized spacial score (nSPS) is 10.2. The number of hydrogen-bond acceptors (Lipinski definition) is 6. The molecule has 1 heterocycles. The molecule has 3 N–H and O–H groups in total. The Balaban J connectivity index is 2.25. The summed E-state index contributed by atoms with van der Waals surface area (Å²) in [5, 5.41) is 13.5. The molecule has 2 aromatic rings. The average Bonchev–Trinajstić information content (AvgIpc) is 2.95. The summed E-state index contributed by atoms with van der Waals surface area (Å²) in [5.74, 6) is -2.73. The summed E-state index contributed by atoms with van der Waals surface area (Å²) >= 11 is 0. The number of nitrogens with one attached hydrogen (secondary N) is 2. The van der Waals surface area contributed by atoms with Crippen molar-refractivity contribution in [3.63, 3.8) is 0 Å². The first-order valence-electron chi connectivity index (χ1n) is 7.39. The smallest absolute Gasteiger partial charge is 0.340 e. The van der Waals surface area contributed by atoms with Crippen LogP contribution in [0.4, 0.5) is 0 Å². The third-order valence-electron chi connectivity index (χ3n) is 3.53. The molecule has 0 aliphatic rings. The Morgan fingerprint density at radius 3 is 2.27 bits per heavy atom. The first-order valence-corrected chi connectivity index (χ1v) is 7.39. The highest BCUT2D eigenvalue weighted by Gasteiger charge is 2.25. The molecule has 0 saturated heterocycles. The van der Waals surface area contributed by atoms with Gasteiger partial charge in [-0.1, -0.05) is 0 Å². The van der Waals surface area contributed by atoms with Gasteiger partial charge in [0.2, 0.25) is 0 Å². The zero-order valence-corrected chi connectivity index (χ0v) is 14.6. The second kappa shape index (κ2) is 7.55. The number of rotatable bonds is 5. The van der Waals surface area contributed by atoms with Gasteiger partial charge in [0.05, 0.1) is 25.5 Å². The van der Waals surface area contributed by atoms with E-state index < -0.39 is 17.8 Å². The van der Waals surface area contributed by atoms with Gasteiger partial charge in [0.15, 0.2) is 11.5 Å². The van der Waals surface area contributed by atoms with Gasteiger partial charge in [-0.3, -0.25) is 25.1 Å². The van der Waals surface area contributed by atoms with Gasteiger partial charge < -0.3 is 14.6 Å². The molecule has 0 aliphatic carbocycles. The zero-order valence-electron chi connectivity index (χ0n) is 14.6. The summed E-state index contributed by atoms with van der Waals surface area (Å²) in [6, 6.07) is 4.20. The fourth-order valence-corrected chi connectivity index (χ4v) is 2.40. The van der Waals surface area contributed by atoms with E-state index in [9.17, 15) is 19.5 Å². The largest absolute Gasteiger partial charge is 0.493 e. The van der Waals surface area contributed by atoms with E-state index in [1.165, 1.54) is 31.0 Å². The number of aromatic nitrogens is 2. The molecule has 2 amide bonds. The van der Waals surface area contributed by atoms with Crippen molar-refractivity contribution in [1.82, 2.24) is 20.6 Å². The summed E-state index contributed by atoms with van der Waals surface area (Å²) in [4.78, 5) is 36.0. The Bertz CT molecular complexity index is 874. The van der Waals surface area contributed by atoms with Gasteiger partial charge in [-0.05, 0) is 25.1 Å². The minimum absolute atomic E-state index is 0.0961. The molecule has 26 heavy (non-hydrogen) atoms. The number of aryl methyl sites for hydroxylation is 2. The molecule has 0 bridgehead atoms. The number of benzene rings is 1. The predicted octanol–water partition coefficient (Wildman–Crippen LogP) is 0.519. The minimum atomic E-state index is -1.38. The molecule has 0 fully saturated rings. The lowest BCUT2D eigenvalue weighted by Crippen LogP contribution is -2.42. The van der Waals surface area contributed by atoms with E-state index in [-0.39, 0.29) is 28.3 Å². The minimum Gasteiger partial charge on any atom is -0.493 e. The molecule has 1 aromatic carbocycles. The fraction of sp³-hybridized carbons (Fsp3) is 0.250. The number of carboxylic acid groups (broad SMARTS) is 1. The van der Waals surface area contributed by atoms with Crippen LogP contribution in [-0.4, -0.2) is 46.9 Å². The number of hydrazine groups is 1. The molecule has 1 aromatic heterocycles. The maximum Gasteiger partial charge on any atom is 0.340 e. The molecular weight excluding hydrogens is 344 g/mol. The molecule has 0 atom stereocenters. The lowest BCUT2D eigenvalue weighted by atomic mass is 10.0. The van der Waals surface area contributed by atoms with Crippen molar-refractivity contribution in [1.29, 1.82) is 0 Å². The summed E-state index contributed by atoms with van der Waals surface area (Å²) in [6.07, 6.45) is 0. The third-order valence-corrected chi connectivity index (χ3v) is 3.53. The van der Waals surface area contributed by atoms with E-state index >= 15 is 0 Å². The molecule has 138 valence electrons. The van der Waals surface area contributed by atoms with Crippen molar-refractivity contribution < 1.29 is 29.0 Å². The lowest BCUT2D eigenvalue weighted by Gasteiger charge is -2.14. The van der Waals surface area contributed by atoms with Crippen LogP contribution >= 0.6 is 0 Å². The van der Waals surface area contributed by atoms with E-state index in [4.69, 9.17) is 9.47 Å². The van der Waals surface area contributed by atoms with E-state index in [2.05, 4.69) is 16.0 Å². The van der Waals surface area contributed by atoms with Crippen LogP contribution in [0.25, 0.3) is 0 Å². The first-order chi connectivity index (χ1) is 12.3. The standard InChI is InChI=1S/C16H18N4O6/c1-8-7-10(20(2)19-8)15(22)18-17-14(21)9-5-6-11(25-3)13(26-4)12(9)16(23)24/h5-7H,1-4H3,(H,17,21)(H,18,22)(H,23,24). The van der Waals surface area contributed by atoms with Crippen LogP contribution in [0.2, 0.25) is 0 Å². The van der Waals surface area contributed by atoms with Gasteiger partial charge in [0.1, 0.15) is 11.3 Å². The van der Waals surface area contributed by atoms with Crippen molar-refractivity contribution in [2.24, 2.45) is 7.05 Å².